The predicted octanol–water partition coefficient (Wildman–Crippen LogP) is 3.40. The molecule has 3 unspecified atom stereocenters. The Hall–Kier alpha value is -0.500. The van der Waals surface area contributed by atoms with E-state index in [0.717, 1.165) is 12.3 Å². The number of hydrogen-bond acceptors (Lipinski definition) is 1. The first-order valence-corrected chi connectivity index (χ1v) is 6.75. The van der Waals surface area contributed by atoms with E-state index in [2.05, 4.69) is 18.1 Å². The van der Waals surface area contributed by atoms with Crippen LogP contribution < -0.4 is 0 Å². The first kappa shape index (κ1) is 12.0. The Morgan fingerprint density at radius 3 is 2.94 bits per heavy atom. The maximum absolute atomic E-state index is 6.43. The zero-order chi connectivity index (χ0) is 11.5. The Balaban J connectivity index is 1.96. The average molecular weight is 241 g/mol. The lowest BCUT2D eigenvalue weighted by Crippen LogP contribution is -2.27. The van der Waals surface area contributed by atoms with Gasteiger partial charge in [0, 0.05) is 18.6 Å². The first-order chi connectivity index (χ1) is 7.69. The van der Waals surface area contributed by atoms with Crippen LogP contribution in [0, 0.1) is 11.8 Å². The molecule has 1 saturated carbocycles. The van der Waals surface area contributed by atoms with E-state index in [1.54, 1.807) is 0 Å². The molecule has 3 atom stereocenters. The number of halogens is 1. The molecule has 1 heterocycles. The molecule has 0 aromatic carbocycles. The van der Waals surface area contributed by atoms with E-state index in [9.17, 15) is 0 Å². The molecular formula is C13H21ClN2. The second-order valence-corrected chi connectivity index (χ2v) is 5.61. The smallest absolute Gasteiger partial charge is 0.0627 e. The Morgan fingerprint density at radius 2 is 2.31 bits per heavy atom. The fourth-order valence-electron chi connectivity index (χ4n) is 2.75. The summed E-state index contributed by atoms with van der Waals surface area (Å²) in [6.07, 6.45) is 8.12. The largest absolute Gasteiger partial charge is 0.276 e. The lowest BCUT2D eigenvalue weighted by atomic mass is 9.78. The molecule has 1 aliphatic carbocycles. The van der Waals surface area contributed by atoms with Gasteiger partial charge in [-0.25, -0.2) is 0 Å². The van der Waals surface area contributed by atoms with Crippen LogP contribution in [-0.4, -0.2) is 15.2 Å². The lowest BCUT2D eigenvalue weighted by Gasteiger charge is -2.32. The molecule has 0 N–H and O–H groups in total. The van der Waals surface area contributed by atoms with Crippen LogP contribution in [0.25, 0.3) is 0 Å². The molecule has 0 amide bonds. The van der Waals surface area contributed by atoms with Crippen LogP contribution in [-0.2, 0) is 13.5 Å². The molecule has 2 nitrogen and oxygen atoms in total. The highest BCUT2D eigenvalue weighted by molar-refractivity contribution is 6.20. The molecule has 1 aliphatic rings. The van der Waals surface area contributed by atoms with Gasteiger partial charge in [0.1, 0.15) is 0 Å². The van der Waals surface area contributed by atoms with Crippen molar-refractivity contribution >= 4 is 11.6 Å². The molecule has 1 aromatic rings. The summed E-state index contributed by atoms with van der Waals surface area (Å²) >= 11 is 6.43. The number of alkyl halides is 1. The molecule has 0 spiro atoms. The second-order valence-electron chi connectivity index (χ2n) is 5.05. The fourth-order valence-corrected chi connectivity index (χ4v) is 3.06. The molecular weight excluding hydrogens is 220 g/mol. The summed E-state index contributed by atoms with van der Waals surface area (Å²) in [6, 6.07) is 2.11. The topological polar surface area (TPSA) is 17.8 Å². The molecule has 2 rings (SSSR count). The molecule has 3 heteroatoms. The molecule has 1 aromatic heterocycles. The number of aromatic nitrogens is 2. The zero-order valence-electron chi connectivity index (χ0n) is 10.2. The van der Waals surface area contributed by atoms with Crippen molar-refractivity contribution in [3.05, 3.63) is 18.0 Å². The second kappa shape index (κ2) is 5.22. The molecule has 1 fully saturated rings. The van der Waals surface area contributed by atoms with Gasteiger partial charge in [-0.1, -0.05) is 13.3 Å². The molecule has 90 valence electrons. The van der Waals surface area contributed by atoms with E-state index >= 15 is 0 Å². The van der Waals surface area contributed by atoms with Crippen molar-refractivity contribution in [1.82, 2.24) is 9.78 Å². The van der Waals surface area contributed by atoms with Gasteiger partial charge in [0.15, 0.2) is 0 Å². The first-order valence-electron chi connectivity index (χ1n) is 6.31. The van der Waals surface area contributed by atoms with Gasteiger partial charge in [0.2, 0.25) is 0 Å². The van der Waals surface area contributed by atoms with E-state index in [-0.39, 0.29) is 0 Å². The molecule has 0 radical (unpaired) electrons. The predicted molar refractivity (Wildman–Crippen MR) is 67.7 cm³/mol. The van der Waals surface area contributed by atoms with Crippen molar-refractivity contribution in [3.63, 3.8) is 0 Å². The molecule has 0 saturated heterocycles. The van der Waals surface area contributed by atoms with Gasteiger partial charge in [-0.05, 0) is 43.6 Å². The van der Waals surface area contributed by atoms with E-state index < -0.39 is 0 Å². The van der Waals surface area contributed by atoms with E-state index in [0.29, 0.717) is 11.3 Å². The summed E-state index contributed by atoms with van der Waals surface area (Å²) in [4.78, 5) is 0. The quantitative estimate of drug-likeness (QED) is 0.741. The minimum Gasteiger partial charge on any atom is -0.276 e. The van der Waals surface area contributed by atoms with E-state index in [1.165, 1.54) is 31.4 Å². The van der Waals surface area contributed by atoms with Crippen LogP contribution in [0.5, 0.6) is 0 Å². The fraction of sp³-hybridized carbons (Fsp3) is 0.769. The van der Waals surface area contributed by atoms with E-state index in [1.807, 2.05) is 17.9 Å². The molecule has 16 heavy (non-hydrogen) atoms. The Labute approximate surface area is 103 Å². The number of nitrogens with zero attached hydrogens (tertiary/aromatic N) is 2. The summed E-state index contributed by atoms with van der Waals surface area (Å²) in [5.41, 5.74) is 1.19. The van der Waals surface area contributed by atoms with Crippen LogP contribution in [0.2, 0.25) is 0 Å². The van der Waals surface area contributed by atoms with Crippen molar-refractivity contribution in [3.8, 4) is 0 Å². The van der Waals surface area contributed by atoms with Gasteiger partial charge < -0.3 is 0 Å². The van der Waals surface area contributed by atoms with Gasteiger partial charge >= 0.3 is 0 Å². The van der Waals surface area contributed by atoms with Crippen LogP contribution in [0.3, 0.4) is 0 Å². The third kappa shape index (κ3) is 2.79. The average Bonchev–Trinajstić information content (AvgIpc) is 2.67. The maximum atomic E-state index is 6.43. The summed E-state index contributed by atoms with van der Waals surface area (Å²) < 4.78 is 1.87. The summed E-state index contributed by atoms with van der Waals surface area (Å²) in [6.45, 7) is 2.29. The van der Waals surface area contributed by atoms with Crippen molar-refractivity contribution < 1.29 is 0 Å². The summed E-state index contributed by atoms with van der Waals surface area (Å²) in [5, 5.41) is 4.80. The van der Waals surface area contributed by atoms with E-state index in [4.69, 9.17) is 11.6 Å². The summed E-state index contributed by atoms with van der Waals surface area (Å²) in [7, 11) is 1.97. The highest BCUT2D eigenvalue weighted by atomic mass is 35.5. The van der Waals surface area contributed by atoms with Crippen molar-refractivity contribution in [2.75, 3.05) is 0 Å². The number of hydrogen-bond donors (Lipinski definition) is 0. The SMILES string of the molecule is CCC1CCC(Cl)C(Cc2ccn(C)n2)C1. The number of aryl methyl sites for hydroxylation is 1. The standard InChI is InChI=1S/C13H21ClN2/c1-3-10-4-5-13(14)11(8-10)9-12-6-7-16(2)15-12/h6-7,10-11,13H,3-5,8-9H2,1-2H3. The maximum Gasteiger partial charge on any atom is 0.0627 e. The highest BCUT2D eigenvalue weighted by Gasteiger charge is 2.28. The molecule has 0 bridgehead atoms. The van der Waals surface area contributed by atoms with Crippen molar-refractivity contribution in [1.29, 1.82) is 0 Å². The lowest BCUT2D eigenvalue weighted by molar-refractivity contribution is 0.263. The van der Waals surface area contributed by atoms with Crippen molar-refractivity contribution in [2.45, 2.75) is 44.4 Å². The van der Waals surface area contributed by atoms with Crippen LogP contribution in [0.1, 0.15) is 38.3 Å². The third-order valence-electron chi connectivity index (χ3n) is 3.82. The molecule has 0 aliphatic heterocycles. The minimum absolute atomic E-state index is 0.352. The van der Waals surface area contributed by atoms with Crippen molar-refractivity contribution in [2.24, 2.45) is 18.9 Å². The number of rotatable bonds is 3. The third-order valence-corrected chi connectivity index (χ3v) is 4.39. The highest BCUT2D eigenvalue weighted by Crippen LogP contribution is 2.35. The Bertz CT molecular complexity index is 334. The monoisotopic (exact) mass is 240 g/mol. The van der Waals surface area contributed by atoms with Gasteiger partial charge in [0.25, 0.3) is 0 Å². The van der Waals surface area contributed by atoms with Crippen LogP contribution in [0.15, 0.2) is 12.3 Å². The Morgan fingerprint density at radius 1 is 1.50 bits per heavy atom. The Kier molecular flexibility index (Phi) is 3.91. The van der Waals surface area contributed by atoms with Crippen LogP contribution >= 0.6 is 11.6 Å². The zero-order valence-corrected chi connectivity index (χ0v) is 11.0. The summed E-state index contributed by atoms with van der Waals surface area (Å²) in [5.74, 6) is 1.50. The van der Waals surface area contributed by atoms with Crippen LogP contribution in [0.4, 0.5) is 0 Å². The van der Waals surface area contributed by atoms with Gasteiger partial charge in [-0.3, -0.25) is 4.68 Å². The van der Waals surface area contributed by atoms with Gasteiger partial charge in [-0.15, -0.1) is 11.6 Å². The minimum atomic E-state index is 0.352. The van der Waals surface area contributed by atoms with Gasteiger partial charge in [-0.2, -0.15) is 5.10 Å². The normalized spacial score (nSPS) is 30.6. The van der Waals surface area contributed by atoms with Gasteiger partial charge in [0.05, 0.1) is 5.69 Å².